The minimum Gasteiger partial charge on any atom is -0.345 e. The number of H-pyrrole nitrogens is 1. The highest BCUT2D eigenvalue weighted by molar-refractivity contribution is 7.93. The predicted molar refractivity (Wildman–Crippen MR) is 128 cm³/mol. The molecule has 0 bridgehead atoms. The molecule has 0 radical (unpaired) electrons. The molecule has 8 nitrogen and oxygen atoms in total. The van der Waals surface area contributed by atoms with Gasteiger partial charge in [0, 0.05) is 59.0 Å². The fourth-order valence-electron chi connectivity index (χ4n) is 4.42. The summed E-state index contributed by atoms with van der Waals surface area (Å²) in [6.45, 7) is 0. The lowest BCUT2D eigenvalue weighted by molar-refractivity contribution is 0.104. The number of aryl methyl sites for hydroxylation is 1. The highest BCUT2D eigenvalue weighted by Gasteiger charge is 2.27. The van der Waals surface area contributed by atoms with E-state index in [4.69, 9.17) is 0 Å². The van der Waals surface area contributed by atoms with E-state index in [2.05, 4.69) is 19.8 Å². The topological polar surface area (TPSA) is 110 Å². The summed E-state index contributed by atoms with van der Waals surface area (Å²) < 4.78 is 30.0. The molecule has 0 aliphatic heterocycles. The van der Waals surface area contributed by atoms with Gasteiger partial charge in [0.15, 0.2) is 5.78 Å². The van der Waals surface area contributed by atoms with Crippen LogP contribution in [0.25, 0.3) is 22.2 Å². The second-order valence-electron chi connectivity index (χ2n) is 8.54. The Morgan fingerprint density at radius 1 is 1.12 bits per heavy atom. The standard InChI is InChI=1S/C24H25N5O3S/c1-29-15-18(13-27-29)17-11-21-22(14-26-24(21)25-12-17)23(30)16-6-5-7-19(10-16)28-33(31,32)20-8-3-2-4-9-20/h5-7,10-15,20,28H,2-4,8-9H2,1H3,(H,25,26). The molecule has 0 atom stereocenters. The van der Waals surface area contributed by atoms with Crippen LogP contribution in [-0.2, 0) is 17.1 Å². The highest BCUT2D eigenvalue weighted by atomic mass is 32.2. The quantitative estimate of drug-likeness (QED) is 0.415. The molecule has 0 amide bonds. The molecule has 33 heavy (non-hydrogen) atoms. The molecule has 0 saturated heterocycles. The van der Waals surface area contributed by atoms with Crippen molar-refractivity contribution in [3.63, 3.8) is 0 Å². The van der Waals surface area contributed by atoms with Crippen LogP contribution < -0.4 is 4.72 Å². The minimum absolute atomic E-state index is 0.204. The maximum Gasteiger partial charge on any atom is 0.235 e. The molecular formula is C24H25N5O3S. The summed E-state index contributed by atoms with van der Waals surface area (Å²) in [5, 5.41) is 4.52. The number of ketones is 1. The van der Waals surface area contributed by atoms with Crippen LogP contribution in [0.2, 0.25) is 0 Å². The number of carbonyl (C=O) groups excluding carboxylic acids is 1. The molecule has 0 spiro atoms. The van der Waals surface area contributed by atoms with Crippen molar-refractivity contribution in [3.8, 4) is 11.1 Å². The Morgan fingerprint density at radius 3 is 2.70 bits per heavy atom. The highest BCUT2D eigenvalue weighted by Crippen LogP contribution is 2.28. The van der Waals surface area contributed by atoms with Crippen LogP contribution in [0.1, 0.15) is 48.0 Å². The van der Waals surface area contributed by atoms with Crippen molar-refractivity contribution < 1.29 is 13.2 Å². The second-order valence-corrected chi connectivity index (χ2v) is 10.5. The smallest absolute Gasteiger partial charge is 0.235 e. The molecule has 5 rings (SSSR count). The first kappa shape index (κ1) is 21.4. The van der Waals surface area contributed by atoms with E-state index in [0.717, 1.165) is 30.4 Å². The number of fused-ring (bicyclic) bond motifs is 1. The first-order valence-electron chi connectivity index (χ1n) is 11.0. The summed E-state index contributed by atoms with van der Waals surface area (Å²) >= 11 is 0. The molecule has 9 heteroatoms. The van der Waals surface area contributed by atoms with Gasteiger partial charge in [-0.15, -0.1) is 0 Å². The van der Waals surface area contributed by atoms with Gasteiger partial charge in [-0.1, -0.05) is 31.4 Å². The Kier molecular flexibility index (Phi) is 5.49. The number of hydrogen-bond acceptors (Lipinski definition) is 5. The van der Waals surface area contributed by atoms with E-state index in [1.165, 1.54) is 0 Å². The van der Waals surface area contributed by atoms with Crippen molar-refractivity contribution >= 4 is 32.5 Å². The zero-order valence-electron chi connectivity index (χ0n) is 18.3. The maximum atomic E-state index is 13.4. The van der Waals surface area contributed by atoms with Gasteiger partial charge in [0.1, 0.15) is 5.65 Å². The molecule has 1 fully saturated rings. The number of aromatic amines is 1. The normalized spacial score (nSPS) is 15.1. The Bertz CT molecular complexity index is 1430. The van der Waals surface area contributed by atoms with Crippen LogP contribution in [0, 0.1) is 0 Å². The van der Waals surface area contributed by atoms with Crippen LogP contribution in [-0.4, -0.2) is 39.2 Å². The third kappa shape index (κ3) is 4.28. The molecule has 1 saturated carbocycles. The van der Waals surface area contributed by atoms with Gasteiger partial charge in [-0.25, -0.2) is 13.4 Å². The van der Waals surface area contributed by atoms with E-state index >= 15 is 0 Å². The number of nitrogens with zero attached hydrogens (tertiary/aromatic N) is 3. The maximum absolute atomic E-state index is 13.4. The molecule has 2 N–H and O–H groups in total. The van der Waals surface area contributed by atoms with Gasteiger partial charge in [0.05, 0.1) is 11.4 Å². The molecular weight excluding hydrogens is 438 g/mol. The molecule has 1 aliphatic carbocycles. The third-order valence-corrected chi connectivity index (χ3v) is 8.06. The van der Waals surface area contributed by atoms with E-state index in [0.29, 0.717) is 40.7 Å². The van der Waals surface area contributed by atoms with Crippen LogP contribution in [0.5, 0.6) is 0 Å². The Hall–Kier alpha value is -3.46. The SMILES string of the molecule is Cn1cc(-c2cnc3[nH]cc(C(=O)c4cccc(NS(=O)(=O)C5CCCCC5)c4)c3c2)cn1. The molecule has 1 aromatic carbocycles. The number of hydrogen-bond donors (Lipinski definition) is 2. The molecule has 170 valence electrons. The number of rotatable bonds is 6. The van der Waals surface area contributed by atoms with Crippen molar-refractivity contribution in [2.75, 3.05) is 4.72 Å². The van der Waals surface area contributed by atoms with Crippen molar-refractivity contribution in [2.24, 2.45) is 7.05 Å². The number of benzene rings is 1. The van der Waals surface area contributed by atoms with Gasteiger partial charge in [-0.2, -0.15) is 5.10 Å². The van der Waals surface area contributed by atoms with E-state index in [1.807, 2.05) is 19.3 Å². The van der Waals surface area contributed by atoms with E-state index in [9.17, 15) is 13.2 Å². The average Bonchev–Trinajstić information content (AvgIpc) is 3.45. The van der Waals surface area contributed by atoms with Crippen molar-refractivity contribution in [2.45, 2.75) is 37.4 Å². The monoisotopic (exact) mass is 463 g/mol. The summed E-state index contributed by atoms with van der Waals surface area (Å²) in [5.74, 6) is -0.204. The summed E-state index contributed by atoms with van der Waals surface area (Å²) in [6.07, 6.45) is 11.3. The Balaban J connectivity index is 1.44. The molecule has 3 heterocycles. The number of nitrogens with one attached hydrogen (secondary N) is 2. The fourth-order valence-corrected chi connectivity index (χ4v) is 6.00. The summed E-state index contributed by atoms with van der Waals surface area (Å²) in [5.41, 5.74) is 3.67. The number of anilines is 1. The molecule has 0 unspecified atom stereocenters. The fraction of sp³-hybridized carbons (Fsp3) is 0.292. The van der Waals surface area contributed by atoms with E-state index in [1.54, 1.807) is 47.5 Å². The number of aromatic nitrogens is 4. The number of pyridine rings is 1. The van der Waals surface area contributed by atoms with Gasteiger partial charge in [-0.3, -0.25) is 14.2 Å². The van der Waals surface area contributed by atoms with Gasteiger partial charge < -0.3 is 4.98 Å². The Labute approximate surface area is 192 Å². The molecule has 1 aliphatic rings. The largest absolute Gasteiger partial charge is 0.345 e. The average molecular weight is 464 g/mol. The summed E-state index contributed by atoms with van der Waals surface area (Å²) in [7, 11) is -1.64. The lowest BCUT2D eigenvalue weighted by Crippen LogP contribution is -2.29. The third-order valence-electron chi connectivity index (χ3n) is 6.19. The zero-order valence-corrected chi connectivity index (χ0v) is 19.1. The van der Waals surface area contributed by atoms with Gasteiger partial charge in [0.2, 0.25) is 10.0 Å². The summed E-state index contributed by atoms with van der Waals surface area (Å²) in [6, 6.07) is 8.57. The van der Waals surface area contributed by atoms with Crippen LogP contribution in [0.15, 0.2) is 55.1 Å². The first-order chi connectivity index (χ1) is 15.9. The first-order valence-corrected chi connectivity index (χ1v) is 12.6. The van der Waals surface area contributed by atoms with Gasteiger partial charge in [0.25, 0.3) is 0 Å². The van der Waals surface area contributed by atoms with Crippen LogP contribution >= 0.6 is 0 Å². The van der Waals surface area contributed by atoms with E-state index < -0.39 is 10.0 Å². The minimum atomic E-state index is -3.49. The zero-order chi connectivity index (χ0) is 23.0. The number of sulfonamides is 1. The van der Waals surface area contributed by atoms with Gasteiger partial charge in [-0.05, 0) is 31.0 Å². The van der Waals surface area contributed by atoms with Crippen LogP contribution in [0.3, 0.4) is 0 Å². The van der Waals surface area contributed by atoms with Crippen molar-refractivity contribution in [1.82, 2.24) is 19.7 Å². The van der Waals surface area contributed by atoms with E-state index in [-0.39, 0.29) is 11.0 Å². The summed E-state index contributed by atoms with van der Waals surface area (Å²) in [4.78, 5) is 20.9. The molecule has 3 aromatic heterocycles. The number of carbonyl (C=O) groups is 1. The van der Waals surface area contributed by atoms with Crippen LogP contribution in [0.4, 0.5) is 5.69 Å². The van der Waals surface area contributed by atoms with Gasteiger partial charge >= 0.3 is 0 Å². The lowest BCUT2D eigenvalue weighted by Gasteiger charge is -2.22. The Morgan fingerprint density at radius 2 is 1.94 bits per heavy atom. The van der Waals surface area contributed by atoms with Crippen molar-refractivity contribution in [3.05, 3.63) is 66.2 Å². The molecule has 4 aromatic rings. The van der Waals surface area contributed by atoms with Crippen molar-refractivity contribution in [1.29, 1.82) is 0 Å². The lowest BCUT2D eigenvalue weighted by atomic mass is 10.0. The second kappa shape index (κ2) is 8.47. The predicted octanol–water partition coefficient (Wildman–Crippen LogP) is 4.27.